The number of nitrogens with zero attached hydrogens (tertiary/aromatic N) is 3. The van der Waals surface area contributed by atoms with E-state index < -0.39 is 0 Å². The van der Waals surface area contributed by atoms with E-state index in [0.717, 1.165) is 56.0 Å². The highest BCUT2D eigenvalue weighted by molar-refractivity contribution is 5.94. The van der Waals surface area contributed by atoms with Gasteiger partial charge in [-0.2, -0.15) is 0 Å². The topological polar surface area (TPSA) is 48.1 Å². The van der Waals surface area contributed by atoms with Crippen LogP contribution in [0.3, 0.4) is 0 Å². The molecular weight excluding hydrogens is 436 g/mol. The minimum atomic E-state index is 0.0229. The van der Waals surface area contributed by atoms with E-state index in [2.05, 4.69) is 33.3 Å². The van der Waals surface area contributed by atoms with Gasteiger partial charge in [-0.1, -0.05) is 12.1 Å². The van der Waals surface area contributed by atoms with Gasteiger partial charge < -0.3 is 24.8 Å². The average Bonchev–Trinajstić information content (AvgIpc) is 2.90. The van der Waals surface area contributed by atoms with Gasteiger partial charge in [0.25, 0.3) is 5.91 Å². The van der Waals surface area contributed by atoms with Crippen molar-refractivity contribution >= 4 is 17.3 Å². The highest BCUT2D eigenvalue weighted by Gasteiger charge is 2.37. The third-order valence-electron chi connectivity index (χ3n) is 8.00. The molecule has 2 aliphatic rings. The van der Waals surface area contributed by atoms with Gasteiger partial charge in [0.1, 0.15) is 5.75 Å². The van der Waals surface area contributed by atoms with Crippen LogP contribution < -0.4 is 19.9 Å². The van der Waals surface area contributed by atoms with Gasteiger partial charge in [0.2, 0.25) is 0 Å². The summed E-state index contributed by atoms with van der Waals surface area (Å²) in [6.07, 6.45) is 7.34. The number of nitrogens with one attached hydrogen (secondary N) is 1. The lowest BCUT2D eigenvalue weighted by Crippen LogP contribution is -2.47. The second-order valence-corrected chi connectivity index (χ2v) is 10.4. The summed E-state index contributed by atoms with van der Waals surface area (Å²) in [5, 5.41) is 3.07. The van der Waals surface area contributed by atoms with Gasteiger partial charge in [0.15, 0.2) is 0 Å². The van der Waals surface area contributed by atoms with Crippen molar-refractivity contribution < 1.29 is 9.53 Å². The number of amides is 1. The molecule has 35 heavy (non-hydrogen) atoms. The molecule has 0 aromatic heterocycles. The zero-order valence-electron chi connectivity index (χ0n) is 21.8. The molecule has 2 saturated heterocycles. The lowest BCUT2D eigenvalue weighted by molar-refractivity contribution is 0.0787. The molecule has 1 spiro atoms. The zero-order valence-corrected chi connectivity index (χ0v) is 21.8. The maximum Gasteiger partial charge on any atom is 0.251 e. The third-order valence-corrected chi connectivity index (χ3v) is 8.00. The molecule has 0 saturated carbocycles. The number of benzene rings is 2. The molecule has 2 aromatic rings. The number of methoxy groups -OCH3 is 1. The van der Waals surface area contributed by atoms with Crippen molar-refractivity contribution in [2.24, 2.45) is 5.41 Å². The zero-order chi connectivity index (χ0) is 24.7. The monoisotopic (exact) mass is 478 g/mol. The molecule has 6 nitrogen and oxygen atoms in total. The number of ether oxygens (including phenoxy) is 1. The highest BCUT2D eigenvalue weighted by atomic mass is 16.5. The van der Waals surface area contributed by atoms with Crippen LogP contribution in [0.4, 0.5) is 11.4 Å². The summed E-state index contributed by atoms with van der Waals surface area (Å²) in [6, 6.07) is 16.2. The number of likely N-dealkylation sites (tertiary alicyclic amines) is 1. The molecule has 1 amide bonds. The lowest BCUT2D eigenvalue weighted by Gasteiger charge is -2.47. The number of unbranched alkanes of at least 4 members (excludes halogenated alkanes) is 1. The number of rotatable bonds is 9. The second kappa shape index (κ2) is 11.8. The van der Waals surface area contributed by atoms with Gasteiger partial charge in [-0.25, -0.2) is 0 Å². The van der Waals surface area contributed by atoms with Crippen molar-refractivity contribution in [2.75, 3.05) is 70.3 Å². The average molecular weight is 479 g/mol. The lowest BCUT2D eigenvalue weighted by atomic mass is 9.71. The van der Waals surface area contributed by atoms with Gasteiger partial charge in [-0.05, 0) is 100.0 Å². The summed E-state index contributed by atoms with van der Waals surface area (Å²) in [4.78, 5) is 19.5. The molecule has 0 bridgehead atoms. The molecule has 1 N–H and O–H groups in total. The first kappa shape index (κ1) is 25.4. The summed E-state index contributed by atoms with van der Waals surface area (Å²) in [6.45, 7) is 6.54. The Kier molecular flexibility index (Phi) is 8.55. The largest absolute Gasteiger partial charge is 0.495 e. The summed E-state index contributed by atoms with van der Waals surface area (Å²) in [5.74, 6) is 1.01. The Balaban J connectivity index is 1.12. The van der Waals surface area contributed by atoms with E-state index in [9.17, 15) is 4.79 Å². The molecule has 2 heterocycles. The van der Waals surface area contributed by atoms with E-state index in [-0.39, 0.29) is 5.91 Å². The van der Waals surface area contributed by atoms with Crippen LogP contribution in [-0.4, -0.2) is 71.3 Å². The van der Waals surface area contributed by atoms with Gasteiger partial charge in [-0.3, -0.25) is 4.79 Å². The first-order valence-electron chi connectivity index (χ1n) is 13.2. The number of hydrogen-bond acceptors (Lipinski definition) is 5. The van der Waals surface area contributed by atoms with Crippen molar-refractivity contribution in [3.05, 3.63) is 54.1 Å². The molecular formula is C29H42N4O2. The number of carbonyl (C=O) groups is 1. The van der Waals surface area contributed by atoms with E-state index >= 15 is 0 Å². The Labute approximate surface area is 211 Å². The van der Waals surface area contributed by atoms with Crippen molar-refractivity contribution in [1.82, 2.24) is 10.2 Å². The molecule has 0 unspecified atom stereocenters. The second-order valence-electron chi connectivity index (χ2n) is 10.4. The Morgan fingerprint density at radius 1 is 0.943 bits per heavy atom. The van der Waals surface area contributed by atoms with Crippen LogP contribution in [0.15, 0.2) is 48.5 Å². The van der Waals surface area contributed by atoms with Crippen LogP contribution in [0.2, 0.25) is 0 Å². The molecule has 190 valence electrons. The van der Waals surface area contributed by atoms with Gasteiger partial charge in [-0.15, -0.1) is 0 Å². The Morgan fingerprint density at radius 2 is 1.60 bits per heavy atom. The summed E-state index contributed by atoms with van der Waals surface area (Å²) >= 11 is 0. The molecule has 2 fully saturated rings. The number of carbonyl (C=O) groups excluding carboxylic acids is 1. The summed E-state index contributed by atoms with van der Waals surface area (Å²) in [5.41, 5.74) is 3.59. The Bertz CT molecular complexity index is 941. The fraction of sp³-hybridized carbons (Fsp3) is 0.552. The maximum absolute atomic E-state index is 12.4. The fourth-order valence-electron chi connectivity index (χ4n) is 5.54. The van der Waals surface area contributed by atoms with Crippen molar-refractivity contribution in [3.63, 3.8) is 0 Å². The predicted molar refractivity (Wildman–Crippen MR) is 145 cm³/mol. The number of anilines is 2. The van der Waals surface area contributed by atoms with E-state index in [0.29, 0.717) is 5.41 Å². The van der Waals surface area contributed by atoms with Gasteiger partial charge >= 0.3 is 0 Å². The Hall–Kier alpha value is -2.73. The number of hydrogen-bond donors (Lipinski definition) is 1. The van der Waals surface area contributed by atoms with Crippen LogP contribution in [-0.2, 0) is 0 Å². The van der Waals surface area contributed by atoms with E-state index in [1.54, 1.807) is 7.11 Å². The van der Waals surface area contributed by atoms with Crippen molar-refractivity contribution in [2.45, 2.75) is 38.5 Å². The van der Waals surface area contributed by atoms with Crippen LogP contribution in [0.1, 0.15) is 48.9 Å². The smallest absolute Gasteiger partial charge is 0.251 e. The van der Waals surface area contributed by atoms with Crippen molar-refractivity contribution in [3.8, 4) is 5.75 Å². The molecule has 6 heteroatoms. The van der Waals surface area contributed by atoms with Crippen LogP contribution in [0, 0.1) is 5.41 Å². The molecule has 0 aliphatic carbocycles. The van der Waals surface area contributed by atoms with Crippen LogP contribution in [0.25, 0.3) is 0 Å². The minimum Gasteiger partial charge on any atom is -0.495 e. The standard InChI is InChI=1S/C29H42N4O2/c1-31(2)25-12-10-24(11-13-25)28(34)30-18-6-7-19-32-20-14-29(15-21-32)16-22-33(23-17-29)26-8-4-5-9-27(26)35-3/h4-5,8-13H,6-7,14-23H2,1-3H3,(H,30,34). The molecule has 0 radical (unpaired) electrons. The molecule has 2 aromatic carbocycles. The molecule has 0 atom stereocenters. The van der Waals surface area contributed by atoms with Gasteiger partial charge in [0.05, 0.1) is 12.8 Å². The maximum atomic E-state index is 12.4. The number of para-hydroxylation sites is 2. The van der Waals surface area contributed by atoms with Gasteiger partial charge in [0, 0.05) is 45.0 Å². The van der Waals surface area contributed by atoms with E-state index in [1.807, 2.05) is 49.3 Å². The first-order chi connectivity index (χ1) is 17.0. The number of piperidine rings is 2. The van der Waals surface area contributed by atoms with E-state index in [4.69, 9.17) is 4.74 Å². The van der Waals surface area contributed by atoms with Crippen LogP contribution >= 0.6 is 0 Å². The highest BCUT2D eigenvalue weighted by Crippen LogP contribution is 2.43. The molecule has 2 aliphatic heterocycles. The summed E-state index contributed by atoms with van der Waals surface area (Å²) in [7, 11) is 5.77. The Morgan fingerprint density at radius 3 is 2.26 bits per heavy atom. The minimum absolute atomic E-state index is 0.0229. The van der Waals surface area contributed by atoms with E-state index in [1.165, 1.54) is 44.5 Å². The van der Waals surface area contributed by atoms with Crippen molar-refractivity contribution in [1.29, 1.82) is 0 Å². The predicted octanol–water partition coefficient (Wildman–Crippen LogP) is 4.65. The first-order valence-corrected chi connectivity index (χ1v) is 13.2. The third kappa shape index (κ3) is 6.49. The quantitative estimate of drug-likeness (QED) is 0.532. The van der Waals surface area contributed by atoms with Crippen LogP contribution in [0.5, 0.6) is 5.75 Å². The normalized spacial score (nSPS) is 17.9. The summed E-state index contributed by atoms with van der Waals surface area (Å²) < 4.78 is 5.58. The SMILES string of the molecule is COc1ccccc1N1CCC2(CCN(CCCCNC(=O)c3ccc(N(C)C)cc3)CC2)CC1. The fourth-order valence-corrected chi connectivity index (χ4v) is 5.54. The molecule has 4 rings (SSSR count).